The van der Waals surface area contributed by atoms with Crippen molar-refractivity contribution in [1.82, 2.24) is 10.2 Å². The maximum atomic E-state index is 11.8. The first kappa shape index (κ1) is 12.4. The summed E-state index contributed by atoms with van der Waals surface area (Å²) in [5.74, 6) is -0.0737. The van der Waals surface area contributed by atoms with Crippen LogP contribution in [0.25, 0.3) is 0 Å². The summed E-state index contributed by atoms with van der Waals surface area (Å²) in [5.41, 5.74) is 0.672. The van der Waals surface area contributed by atoms with E-state index >= 15 is 0 Å². The van der Waals surface area contributed by atoms with Crippen LogP contribution in [0, 0.1) is 0 Å². The lowest BCUT2D eigenvalue weighted by Gasteiger charge is -2.14. The molecule has 1 aromatic carbocycles. The first-order valence-corrected chi connectivity index (χ1v) is 5.11. The Bertz CT molecular complexity index is 363. The Labute approximate surface area is 95.3 Å². The maximum absolute atomic E-state index is 11.8. The van der Waals surface area contributed by atoms with Crippen molar-refractivity contribution in [1.29, 1.82) is 0 Å². The molecular formula is C12H16N2O2. The minimum absolute atomic E-state index is 0.0204. The van der Waals surface area contributed by atoms with Crippen LogP contribution in [0.3, 0.4) is 0 Å². The Morgan fingerprint density at radius 3 is 2.38 bits per heavy atom. The highest BCUT2D eigenvalue weighted by Crippen LogP contribution is 2.00. The van der Waals surface area contributed by atoms with E-state index in [1.54, 1.807) is 31.1 Å². The minimum atomic E-state index is -0.0941. The van der Waals surface area contributed by atoms with Crippen molar-refractivity contribution in [2.75, 3.05) is 27.2 Å². The van der Waals surface area contributed by atoms with Crippen molar-refractivity contribution in [2.24, 2.45) is 0 Å². The summed E-state index contributed by atoms with van der Waals surface area (Å²) in [6.45, 7) is 0.479. The number of carbonyl (C=O) groups is 2. The summed E-state index contributed by atoms with van der Waals surface area (Å²) in [6, 6.07) is 9.06. The van der Waals surface area contributed by atoms with E-state index in [0.29, 0.717) is 5.56 Å². The van der Waals surface area contributed by atoms with Crippen LogP contribution < -0.4 is 5.32 Å². The molecule has 0 aliphatic rings. The van der Waals surface area contributed by atoms with Crippen LogP contribution in [0.4, 0.5) is 0 Å². The van der Waals surface area contributed by atoms with Crippen LogP contribution in [0.15, 0.2) is 30.3 Å². The zero-order valence-electron chi connectivity index (χ0n) is 9.56. The predicted octanol–water partition coefficient (Wildman–Crippen LogP) is 0.547. The van der Waals surface area contributed by atoms with E-state index in [9.17, 15) is 9.59 Å². The molecule has 0 heterocycles. The van der Waals surface area contributed by atoms with Gasteiger partial charge in [-0.2, -0.15) is 0 Å². The average Bonchev–Trinajstić information content (AvgIpc) is 2.29. The highest BCUT2D eigenvalue weighted by molar-refractivity contribution is 5.97. The van der Waals surface area contributed by atoms with E-state index in [1.165, 1.54) is 0 Å². The molecule has 0 aliphatic carbocycles. The van der Waals surface area contributed by atoms with Crippen molar-refractivity contribution < 1.29 is 9.59 Å². The van der Waals surface area contributed by atoms with Gasteiger partial charge in [0, 0.05) is 12.6 Å². The van der Waals surface area contributed by atoms with Crippen LogP contribution in [0.1, 0.15) is 10.4 Å². The van der Waals surface area contributed by atoms with E-state index in [1.807, 2.05) is 18.2 Å². The number of benzene rings is 1. The molecule has 0 aromatic heterocycles. The third kappa shape index (κ3) is 3.82. The number of Topliss-reactive ketones (excluding diaryl/α,β-unsaturated/α-hetero) is 1. The van der Waals surface area contributed by atoms with Crippen molar-refractivity contribution >= 4 is 11.7 Å². The zero-order valence-corrected chi connectivity index (χ0v) is 9.56. The van der Waals surface area contributed by atoms with Gasteiger partial charge < -0.3 is 5.32 Å². The fourth-order valence-corrected chi connectivity index (χ4v) is 1.34. The lowest BCUT2D eigenvalue weighted by molar-refractivity contribution is -0.121. The monoisotopic (exact) mass is 220 g/mol. The number of carbonyl (C=O) groups excluding carboxylic acids is 2. The van der Waals surface area contributed by atoms with Gasteiger partial charge in [-0.15, -0.1) is 0 Å². The second-order valence-corrected chi connectivity index (χ2v) is 3.63. The fourth-order valence-electron chi connectivity index (χ4n) is 1.34. The number of hydrogen-bond donors (Lipinski definition) is 1. The summed E-state index contributed by atoms with van der Waals surface area (Å²) < 4.78 is 0. The third-order valence-electron chi connectivity index (χ3n) is 2.20. The standard InChI is InChI=1S/C12H16N2O2/c1-13-12(16)9-14(2)8-11(15)10-6-4-3-5-7-10/h3-7H,8-9H2,1-2H3,(H,13,16). The molecule has 0 saturated heterocycles. The van der Waals surface area contributed by atoms with Gasteiger partial charge in [-0.3, -0.25) is 14.5 Å². The molecule has 0 fully saturated rings. The third-order valence-corrected chi connectivity index (χ3v) is 2.20. The number of nitrogens with one attached hydrogen (secondary N) is 1. The number of likely N-dealkylation sites (N-methyl/N-ethyl adjacent to an activating group) is 2. The number of rotatable bonds is 5. The van der Waals surface area contributed by atoms with Crippen molar-refractivity contribution in [3.63, 3.8) is 0 Å². The molecule has 0 radical (unpaired) electrons. The highest BCUT2D eigenvalue weighted by Gasteiger charge is 2.10. The highest BCUT2D eigenvalue weighted by atomic mass is 16.2. The van der Waals surface area contributed by atoms with Crippen LogP contribution >= 0.6 is 0 Å². The molecule has 0 spiro atoms. The summed E-state index contributed by atoms with van der Waals surface area (Å²) in [7, 11) is 3.32. The summed E-state index contributed by atoms with van der Waals surface area (Å²) >= 11 is 0. The Balaban J connectivity index is 2.49. The molecule has 1 amide bonds. The first-order chi connectivity index (χ1) is 7.63. The van der Waals surface area contributed by atoms with Crippen LogP contribution in [-0.2, 0) is 4.79 Å². The SMILES string of the molecule is CNC(=O)CN(C)CC(=O)c1ccccc1. The normalized spacial score (nSPS) is 10.2. The van der Waals surface area contributed by atoms with E-state index in [2.05, 4.69) is 5.32 Å². The van der Waals surface area contributed by atoms with Gasteiger partial charge in [-0.1, -0.05) is 30.3 Å². The molecule has 16 heavy (non-hydrogen) atoms. The molecule has 0 saturated carbocycles. The summed E-state index contributed by atoms with van der Waals surface area (Å²) in [5, 5.41) is 2.52. The van der Waals surface area contributed by atoms with Crippen LogP contribution in [0.2, 0.25) is 0 Å². The second kappa shape index (κ2) is 6.02. The quantitative estimate of drug-likeness (QED) is 0.737. The average molecular weight is 220 g/mol. The van der Waals surface area contributed by atoms with E-state index < -0.39 is 0 Å². The molecule has 1 aromatic rings. The van der Waals surface area contributed by atoms with Crippen molar-refractivity contribution in [3.8, 4) is 0 Å². The number of nitrogens with zero attached hydrogens (tertiary/aromatic N) is 1. The van der Waals surface area contributed by atoms with Crippen molar-refractivity contribution in [2.45, 2.75) is 0 Å². The Kier molecular flexibility index (Phi) is 4.66. The van der Waals surface area contributed by atoms with Crippen LogP contribution in [0.5, 0.6) is 0 Å². The van der Waals surface area contributed by atoms with Crippen molar-refractivity contribution in [3.05, 3.63) is 35.9 Å². The summed E-state index contributed by atoms with van der Waals surface area (Å²) in [6.07, 6.45) is 0. The number of ketones is 1. The molecule has 0 aliphatic heterocycles. The Morgan fingerprint density at radius 2 is 1.81 bits per heavy atom. The summed E-state index contributed by atoms with van der Waals surface area (Å²) in [4.78, 5) is 24.5. The fraction of sp³-hybridized carbons (Fsp3) is 0.333. The lowest BCUT2D eigenvalue weighted by atomic mass is 10.1. The molecular weight excluding hydrogens is 204 g/mol. The van der Waals surface area contributed by atoms with Gasteiger partial charge in [0.25, 0.3) is 0 Å². The lowest BCUT2D eigenvalue weighted by Crippen LogP contribution is -2.36. The Morgan fingerprint density at radius 1 is 1.19 bits per heavy atom. The smallest absolute Gasteiger partial charge is 0.233 e. The molecule has 1 N–H and O–H groups in total. The molecule has 0 atom stereocenters. The van der Waals surface area contributed by atoms with E-state index in [4.69, 9.17) is 0 Å². The Hall–Kier alpha value is -1.68. The van der Waals surface area contributed by atoms with Gasteiger partial charge in [0.1, 0.15) is 0 Å². The van der Waals surface area contributed by atoms with Gasteiger partial charge >= 0.3 is 0 Å². The minimum Gasteiger partial charge on any atom is -0.358 e. The van der Waals surface area contributed by atoms with E-state index in [0.717, 1.165) is 0 Å². The molecule has 0 bridgehead atoms. The van der Waals surface area contributed by atoms with E-state index in [-0.39, 0.29) is 24.8 Å². The van der Waals surface area contributed by atoms with Gasteiger partial charge in [0.15, 0.2) is 5.78 Å². The van der Waals surface area contributed by atoms with Gasteiger partial charge in [0.05, 0.1) is 13.1 Å². The molecule has 4 heteroatoms. The molecule has 86 valence electrons. The van der Waals surface area contributed by atoms with Gasteiger partial charge in [0.2, 0.25) is 5.91 Å². The molecule has 1 rings (SSSR count). The molecule has 0 unspecified atom stereocenters. The van der Waals surface area contributed by atoms with Gasteiger partial charge in [-0.25, -0.2) is 0 Å². The second-order valence-electron chi connectivity index (χ2n) is 3.63. The predicted molar refractivity (Wildman–Crippen MR) is 62.3 cm³/mol. The topological polar surface area (TPSA) is 49.4 Å². The largest absolute Gasteiger partial charge is 0.358 e. The molecule has 4 nitrogen and oxygen atoms in total. The number of hydrogen-bond acceptors (Lipinski definition) is 3. The zero-order chi connectivity index (χ0) is 12.0. The van der Waals surface area contributed by atoms with Gasteiger partial charge in [-0.05, 0) is 7.05 Å². The number of amides is 1. The van der Waals surface area contributed by atoms with Crippen LogP contribution in [-0.4, -0.2) is 43.8 Å². The first-order valence-electron chi connectivity index (χ1n) is 5.11. The maximum Gasteiger partial charge on any atom is 0.233 e.